The fourth-order valence-corrected chi connectivity index (χ4v) is 1.53. The number of urea groups is 1. The summed E-state index contributed by atoms with van der Waals surface area (Å²) in [6.07, 6.45) is -0.0144. The molecule has 1 rings (SSSR count). The number of aromatic nitrogens is 2. The number of aliphatic hydroxyl groups excluding tert-OH is 1. The van der Waals surface area contributed by atoms with Crippen LogP contribution in [-0.4, -0.2) is 51.4 Å². The molecule has 0 radical (unpaired) electrons. The molecule has 2 unspecified atom stereocenters. The van der Waals surface area contributed by atoms with E-state index in [0.717, 1.165) is 0 Å². The molecule has 12 nitrogen and oxygen atoms in total. The number of carboxylic acids is 1. The molecule has 23 heavy (non-hydrogen) atoms. The van der Waals surface area contributed by atoms with Crippen molar-refractivity contribution >= 4 is 17.9 Å². The van der Waals surface area contributed by atoms with Crippen molar-refractivity contribution in [3.63, 3.8) is 0 Å². The predicted octanol–water partition coefficient (Wildman–Crippen LogP) is -2.25. The lowest BCUT2D eigenvalue weighted by atomic mass is 10.1. The van der Waals surface area contributed by atoms with Crippen LogP contribution >= 0.6 is 0 Å². The summed E-state index contributed by atoms with van der Waals surface area (Å²) >= 11 is 0. The molecular formula is C11H18N6O6. The zero-order valence-electron chi connectivity index (χ0n) is 12.1. The van der Waals surface area contributed by atoms with Gasteiger partial charge in [0, 0.05) is 6.42 Å². The number of nitrogens with two attached hydrogens (primary N) is 2. The first kappa shape index (κ1) is 18.3. The minimum absolute atomic E-state index is 0.0271. The number of rotatable bonds is 9. The Morgan fingerprint density at radius 2 is 2.04 bits per heavy atom. The number of carboxylic acid groups (broad SMARTS) is 1. The van der Waals surface area contributed by atoms with Gasteiger partial charge in [0.15, 0.2) is 5.82 Å². The van der Waals surface area contributed by atoms with Crippen LogP contribution in [0.3, 0.4) is 0 Å². The maximum atomic E-state index is 11.6. The van der Waals surface area contributed by atoms with E-state index in [-0.39, 0.29) is 24.6 Å². The van der Waals surface area contributed by atoms with Crippen LogP contribution < -0.4 is 22.1 Å². The van der Waals surface area contributed by atoms with E-state index < -0.39 is 43.1 Å². The highest BCUT2D eigenvalue weighted by Crippen LogP contribution is 2.18. The van der Waals surface area contributed by atoms with Crippen molar-refractivity contribution in [2.75, 3.05) is 13.2 Å². The van der Waals surface area contributed by atoms with Crippen molar-refractivity contribution in [3.05, 3.63) is 11.7 Å². The maximum Gasteiger partial charge on any atom is 0.323 e. The Morgan fingerprint density at radius 3 is 2.61 bits per heavy atom. The van der Waals surface area contributed by atoms with E-state index in [0.29, 0.717) is 0 Å². The van der Waals surface area contributed by atoms with Gasteiger partial charge in [0.25, 0.3) is 0 Å². The van der Waals surface area contributed by atoms with E-state index in [1.165, 1.54) is 0 Å². The molecular weight excluding hydrogens is 312 g/mol. The fourth-order valence-electron chi connectivity index (χ4n) is 1.53. The first-order valence-corrected chi connectivity index (χ1v) is 6.57. The molecule has 2 atom stereocenters. The standard InChI is InChI=1S/C11H18N6O6/c12-5(4-18)9-16-10(23-17-9)6(1-2-7(13)19)15-11(22)14-3-8(20)21/h5-6,18H,1-4,12H2,(H2,13,19)(H,20,21)(H2,14,15,22). The average molecular weight is 330 g/mol. The van der Waals surface area contributed by atoms with Gasteiger partial charge in [-0.2, -0.15) is 4.98 Å². The Morgan fingerprint density at radius 1 is 1.35 bits per heavy atom. The summed E-state index contributed by atoms with van der Waals surface area (Å²) in [7, 11) is 0. The second kappa shape index (κ2) is 8.65. The van der Waals surface area contributed by atoms with Crippen molar-refractivity contribution in [1.82, 2.24) is 20.8 Å². The van der Waals surface area contributed by atoms with Gasteiger partial charge in [-0.05, 0) is 6.42 Å². The minimum Gasteiger partial charge on any atom is -0.480 e. The Kier molecular flexibility index (Phi) is 6.89. The molecule has 0 aliphatic rings. The highest BCUT2D eigenvalue weighted by Gasteiger charge is 2.23. The first-order chi connectivity index (χ1) is 10.8. The summed E-state index contributed by atoms with van der Waals surface area (Å²) in [6.45, 7) is -0.990. The zero-order chi connectivity index (χ0) is 17.4. The second-order valence-corrected chi connectivity index (χ2v) is 4.56. The Labute approximate surface area is 130 Å². The quantitative estimate of drug-likeness (QED) is 0.288. The number of nitrogens with one attached hydrogen (secondary N) is 2. The molecule has 12 heteroatoms. The Hall–Kier alpha value is -2.73. The van der Waals surface area contributed by atoms with Crippen molar-refractivity contribution in [2.24, 2.45) is 11.5 Å². The first-order valence-electron chi connectivity index (χ1n) is 6.57. The van der Waals surface area contributed by atoms with Crippen molar-refractivity contribution < 1.29 is 29.1 Å². The third kappa shape index (κ3) is 6.27. The molecule has 8 N–H and O–H groups in total. The summed E-state index contributed by atoms with van der Waals surface area (Å²) < 4.78 is 4.95. The van der Waals surface area contributed by atoms with E-state index in [1.807, 2.05) is 0 Å². The van der Waals surface area contributed by atoms with Crippen LogP contribution in [0.5, 0.6) is 0 Å². The summed E-state index contributed by atoms with van der Waals surface area (Å²) in [5, 5.41) is 25.5. The van der Waals surface area contributed by atoms with Gasteiger partial charge in [-0.1, -0.05) is 5.16 Å². The van der Waals surface area contributed by atoms with Gasteiger partial charge < -0.3 is 36.8 Å². The van der Waals surface area contributed by atoms with E-state index in [9.17, 15) is 14.4 Å². The van der Waals surface area contributed by atoms with Gasteiger partial charge in [0.05, 0.1) is 12.6 Å². The summed E-state index contributed by atoms with van der Waals surface area (Å²) in [4.78, 5) is 36.8. The van der Waals surface area contributed by atoms with Crippen molar-refractivity contribution in [1.29, 1.82) is 0 Å². The van der Waals surface area contributed by atoms with Crippen LogP contribution in [0.15, 0.2) is 4.52 Å². The summed E-state index contributed by atoms with van der Waals surface area (Å²) in [5.74, 6) is -1.84. The lowest BCUT2D eigenvalue weighted by molar-refractivity contribution is -0.135. The fraction of sp³-hybridized carbons (Fsp3) is 0.545. The zero-order valence-corrected chi connectivity index (χ0v) is 12.1. The van der Waals surface area contributed by atoms with Crippen LogP contribution in [0.1, 0.15) is 36.6 Å². The minimum atomic E-state index is -1.22. The highest BCUT2D eigenvalue weighted by molar-refractivity contribution is 5.80. The number of aliphatic hydroxyl groups is 1. The molecule has 3 amide bonds. The van der Waals surface area contributed by atoms with Gasteiger partial charge >= 0.3 is 12.0 Å². The Bertz CT molecular complexity index is 561. The normalized spacial score (nSPS) is 13.1. The molecule has 1 aromatic heterocycles. The Balaban J connectivity index is 2.78. The predicted molar refractivity (Wildman–Crippen MR) is 73.7 cm³/mol. The molecule has 0 saturated carbocycles. The highest BCUT2D eigenvalue weighted by atomic mass is 16.5. The molecule has 0 fully saturated rings. The smallest absolute Gasteiger partial charge is 0.323 e. The number of carbonyl (C=O) groups is 3. The van der Waals surface area contributed by atoms with Crippen LogP contribution in [0, 0.1) is 0 Å². The molecule has 1 aromatic rings. The monoisotopic (exact) mass is 330 g/mol. The van der Waals surface area contributed by atoms with E-state index >= 15 is 0 Å². The number of hydrogen-bond acceptors (Lipinski definition) is 8. The topological polar surface area (TPSA) is 207 Å². The molecule has 1 heterocycles. The van der Waals surface area contributed by atoms with Gasteiger partial charge in [0.1, 0.15) is 12.6 Å². The summed E-state index contributed by atoms with van der Waals surface area (Å²) in [6, 6.07) is -2.53. The number of hydrogen-bond donors (Lipinski definition) is 6. The van der Waals surface area contributed by atoms with Crippen LogP contribution in [0.2, 0.25) is 0 Å². The molecule has 0 bridgehead atoms. The van der Waals surface area contributed by atoms with Gasteiger partial charge in [-0.3, -0.25) is 9.59 Å². The second-order valence-electron chi connectivity index (χ2n) is 4.56. The molecule has 0 aliphatic carbocycles. The van der Waals surface area contributed by atoms with Gasteiger partial charge in [0.2, 0.25) is 11.8 Å². The lowest BCUT2D eigenvalue weighted by Gasteiger charge is -2.14. The molecule has 0 spiro atoms. The number of nitrogens with zero attached hydrogens (tertiary/aromatic N) is 2. The SMILES string of the molecule is NC(=O)CCC(NC(=O)NCC(=O)O)c1nc(C(N)CO)no1. The number of carbonyl (C=O) groups excluding carboxylic acids is 2. The van der Waals surface area contributed by atoms with Crippen molar-refractivity contribution in [2.45, 2.75) is 24.9 Å². The van der Waals surface area contributed by atoms with Crippen LogP contribution in [-0.2, 0) is 9.59 Å². The third-order valence-corrected chi connectivity index (χ3v) is 2.67. The third-order valence-electron chi connectivity index (χ3n) is 2.67. The average Bonchev–Trinajstić information content (AvgIpc) is 2.98. The molecule has 0 aliphatic heterocycles. The maximum absolute atomic E-state index is 11.6. The molecule has 0 aromatic carbocycles. The number of amides is 3. The summed E-state index contributed by atoms with van der Waals surface area (Å²) in [5.41, 5.74) is 10.6. The van der Waals surface area contributed by atoms with E-state index in [1.54, 1.807) is 0 Å². The molecule has 128 valence electrons. The lowest BCUT2D eigenvalue weighted by Crippen LogP contribution is -2.40. The largest absolute Gasteiger partial charge is 0.480 e. The van der Waals surface area contributed by atoms with Crippen molar-refractivity contribution in [3.8, 4) is 0 Å². The molecule has 0 saturated heterocycles. The van der Waals surface area contributed by atoms with Crippen LogP contribution in [0.25, 0.3) is 0 Å². The van der Waals surface area contributed by atoms with E-state index in [2.05, 4.69) is 20.8 Å². The van der Waals surface area contributed by atoms with E-state index in [4.69, 9.17) is 26.2 Å². The van der Waals surface area contributed by atoms with Gasteiger partial charge in [-0.25, -0.2) is 4.79 Å². The number of primary amides is 1. The van der Waals surface area contributed by atoms with Gasteiger partial charge in [-0.15, -0.1) is 0 Å². The number of aliphatic carboxylic acids is 1. The van der Waals surface area contributed by atoms with Crippen LogP contribution in [0.4, 0.5) is 4.79 Å².